The maximum absolute atomic E-state index is 11.3. The second kappa shape index (κ2) is 6.31. The predicted octanol–water partition coefficient (Wildman–Crippen LogP) is 2.29. The van der Waals surface area contributed by atoms with E-state index in [4.69, 9.17) is 0 Å². The Labute approximate surface area is 106 Å². The lowest BCUT2D eigenvalue weighted by molar-refractivity contribution is 0.460. The summed E-state index contributed by atoms with van der Waals surface area (Å²) in [6.07, 6.45) is 2.13. The van der Waals surface area contributed by atoms with Gasteiger partial charge in [-0.2, -0.15) is 0 Å². The summed E-state index contributed by atoms with van der Waals surface area (Å²) in [5.74, 6) is 2.29. The molecule has 1 heterocycles. The summed E-state index contributed by atoms with van der Waals surface area (Å²) in [6, 6.07) is 11.2. The Morgan fingerprint density at radius 3 is 2.59 bits per heavy atom. The molecule has 1 aliphatic heterocycles. The molecule has 1 aromatic carbocycles. The van der Waals surface area contributed by atoms with Crippen molar-refractivity contribution in [2.24, 2.45) is 0 Å². The van der Waals surface area contributed by atoms with Gasteiger partial charge < -0.3 is 5.32 Å². The maximum atomic E-state index is 11.3. The normalized spacial score (nSPS) is 26.6. The van der Waals surface area contributed by atoms with E-state index in [1.807, 2.05) is 0 Å². The quantitative estimate of drug-likeness (QED) is 0.889. The summed E-state index contributed by atoms with van der Waals surface area (Å²) in [7, 11) is -0.551. The van der Waals surface area contributed by atoms with Gasteiger partial charge in [-0.3, -0.25) is 4.21 Å². The Balaban J connectivity index is 1.77. The molecule has 2 rings (SSSR count). The lowest BCUT2D eigenvalue weighted by Gasteiger charge is -2.24. The highest BCUT2D eigenvalue weighted by atomic mass is 32.2. The van der Waals surface area contributed by atoms with Crippen LogP contribution in [0.25, 0.3) is 0 Å². The van der Waals surface area contributed by atoms with E-state index in [9.17, 15) is 4.21 Å². The molecular weight excluding hydrogens is 230 g/mol. The van der Waals surface area contributed by atoms with Crippen molar-refractivity contribution >= 4 is 10.8 Å². The van der Waals surface area contributed by atoms with Crippen LogP contribution in [0.15, 0.2) is 30.3 Å². The van der Waals surface area contributed by atoms with Gasteiger partial charge in [-0.05, 0) is 24.3 Å². The first-order valence-corrected chi connectivity index (χ1v) is 7.88. The van der Waals surface area contributed by atoms with E-state index in [0.717, 1.165) is 30.9 Å². The highest BCUT2D eigenvalue weighted by Gasteiger charge is 2.17. The van der Waals surface area contributed by atoms with E-state index in [1.165, 1.54) is 5.56 Å². The van der Waals surface area contributed by atoms with E-state index in [1.54, 1.807) is 0 Å². The zero-order chi connectivity index (χ0) is 12.1. The lowest BCUT2D eigenvalue weighted by Crippen LogP contribution is -2.37. The SMILES string of the molecule is CC(CNC1CCS(=O)CC1)c1ccccc1. The molecule has 0 amide bonds. The fraction of sp³-hybridized carbons (Fsp3) is 0.571. The molecule has 0 aliphatic carbocycles. The Kier molecular flexibility index (Phi) is 4.75. The number of nitrogens with one attached hydrogen (secondary N) is 1. The molecule has 3 heteroatoms. The van der Waals surface area contributed by atoms with Crippen LogP contribution in [0.5, 0.6) is 0 Å². The Bertz CT molecular complexity index is 356. The van der Waals surface area contributed by atoms with Crippen molar-refractivity contribution in [3.05, 3.63) is 35.9 Å². The Morgan fingerprint density at radius 1 is 1.29 bits per heavy atom. The van der Waals surface area contributed by atoms with Crippen LogP contribution in [0.4, 0.5) is 0 Å². The van der Waals surface area contributed by atoms with Crippen LogP contribution in [0.2, 0.25) is 0 Å². The van der Waals surface area contributed by atoms with E-state index >= 15 is 0 Å². The molecule has 0 saturated carbocycles. The number of benzene rings is 1. The van der Waals surface area contributed by atoms with Gasteiger partial charge >= 0.3 is 0 Å². The first kappa shape index (κ1) is 12.8. The van der Waals surface area contributed by atoms with Crippen molar-refractivity contribution in [2.45, 2.75) is 31.7 Å². The average Bonchev–Trinajstić information content (AvgIpc) is 2.39. The first-order valence-electron chi connectivity index (χ1n) is 6.39. The number of hydrogen-bond acceptors (Lipinski definition) is 2. The summed E-state index contributed by atoms with van der Waals surface area (Å²) in [6.45, 7) is 3.27. The van der Waals surface area contributed by atoms with E-state index in [-0.39, 0.29) is 0 Å². The molecular formula is C14H21NOS. The third kappa shape index (κ3) is 3.93. The molecule has 0 spiro atoms. The van der Waals surface area contributed by atoms with Gasteiger partial charge in [-0.1, -0.05) is 37.3 Å². The fourth-order valence-electron chi connectivity index (χ4n) is 2.24. The fourth-order valence-corrected chi connectivity index (χ4v) is 3.54. The first-order chi connectivity index (χ1) is 8.25. The van der Waals surface area contributed by atoms with E-state index in [0.29, 0.717) is 12.0 Å². The van der Waals surface area contributed by atoms with Gasteiger partial charge in [0.15, 0.2) is 0 Å². The minimum absolute atomic E-state index is 0.545. The summed E-state index contributed by atoms with van der Waals surface area (Å²) < 4.78 is 11.3. The molecule has 0 radical (unpaired) electrons. The van der Waals surface area contributed by atoms with Gasteiger partial charge in [0.25, 0.3) is 0 Å². The van der Waals surface area contributed by atoms with Crippen LogP contribution in [0, 0.1) is 0 Å². The minimum atomic E-state index is -0.551. The predicted molar refractivity (Wildman–Crippen MR) is 73.8 cm³/mol. The Morgan fingerprint density at radius 2 is 1.94 bits per heavy atom. The third-order valence-electron chi connectivity index (χ3n) is 3.47. The van der Waals surface area contributed by atoms with Gasteiger partial charge in [0, 0.05) is 34.9 Å². The summed E-state index contributed by atoms with van der Waals surface area (Å²) in [4.78, 5) is 0. The zero-order valence-electron chi connectivity index (χ0n) is 10.4. The molecule has 1 aromatic rings. The molecule has 94 valence electrons. The molecule has 1 saturated heterocycles. The van der Waals surface area contributed by atoms with Gasteiger partial charge in [0.1, 0.15) is 0 Å². The highest BCUT2D eigenvalue weighted by Crippen LogP contribution is 2.15. The van der Waals surface area contributed by atoms with Crippen LogP contribution < -0.4 is 5.32 Å². The van der Waals surface area contributed by atoms with Crippen LogP contribution in [0.3, 0.4) is 0 Å². The lowest BCUT2D eigenvalue weighted by atomic mass is 10.0. The Hall–Kier alpha value is -0.670. The van der Waals surface area contributed by atoms with Crippen molar-refractivity contribution in [3.8, 4) is 0 Å². The molecule has 1 aliphatic rings. The van der Waals surface area contributed by atoms with Crippen molar-refractivity contribution in [1.82, 2.24) is 5.32 Å². The molecule has 0 bridgehead atoms. The van der Waals surface area contributed by atoms with Crippen LogP contribution in [-0.2, 0) is 10.8 Å². The second-order valence-electron chi connectivity index (χ2n) is 4.84. The standard InChI is InChI=1S/C14H21NOS/c1-12(13-5-3-2-4-6-13)11-15-14-7-9-17(16)10-8-14/h2-6,12,14-15H,7-11H2,1H3. The van der Waals surface area contributed by atoms with E-state index < -0.39 is 10.8 Å². The zero-order valence-corrected chi connectivity index (χ0v) is 11.2. The molecule has 17 heavy (non-hydrogen) atoms. The van der Waals surface area contributed by atoms with Crippen LogP contribution >= 0.6 is 0 Å². The van der Waals surface area contributed by atoms with Gasteiger partial charge in [-0.25, -0.2) is 0 Å². The molecule has 0 aromatic heterocycles. The van der Waals surface area contributed by atoms with Gasteiger partial charge in [0.2, 0.25) is 0 Å². The van der Waals surface area contributed by atoms with Crippen molar-refractivity contribution < 1.29 is 4.21 Å². The molecule has 2 nitrogen and oxygen atoms in total. The molecule has 1 fully saturated rings. The minimum Gasteiger partial charge on any atom is -0.313 e. The second-order valence-corrected chi connectivity index (χ2v) is 6.54. The summed E-state index contributed by atoms with van der Waals surface area (Å²) in [5, 5.41) is 3.61. The summed E-state index contributed by atoms with van der Waals surface area (Å²) in [5.41, 5.74) is 1.39. The number of hydrogen-bond donors (Lipinski definition) is 1. The average molecular weight is 251 g/mol. The van der Waals surface area contributed by atoms with Crippen molar-refractivity contribution in [2.75, 3.05) is 18.1 Å². The van der Waals surface area contributed by atoms with E-state index in [2.05, 4.69) is 42.6 Å². The van der Waals surface area contributed by atoms with Gasteiger partial charge in [-0.15, -0.1) is 0 Å². The topological polar surface area (TPSA) is 29.1 Å². The van der Waals surface area contributed by atoms with Crippen LogP contribution in [0.1, 0.15) is 31.2 Å². The third-order valence-corrected chi connectivity index (χ3v) is 4.85. The van der Waals surface area contributed by atoms with Crippen molar-refractivity contribution in [3.63, 3.8) is 0 Å². The number of rotatable bonds is 4. The maximum Gasteiger partial charge on any atom is 0.0249 e. The van der Waals surface area contributed by atoms with Crippen LogP contribution in [-0.4, -0.2) is 28.3 Å². The molecule has 1 N–H and O–H groups in total. The molecule has 1 unspecified atom stereocenters. The largest absolute Gasteiger partial charge is 0.313 e. The van der Waals surface area contributed by atoms with Crippen molar-refractivity contribution in [1.29, 1.82) is 0 Å². The highest BCUT2D eigenvalue weighted by molar-refractivity contribution is 7.85. The molecule has 1 atom stereocenters. The monoisotopic (exact) mass is 251 g/mol. The van der Waals surface area contributed by atoms with Gasteiger partial charge in [0.05, 0.1) is 0 Å². The smallest absolute Gasteiger partial charge is 0.0249 e. The summed E-state index contributed by atoms with van der Waals surface area (Å²) >= 11 is 0.